The van der Waals surface area contributed by atoms with E-state index in [0.29, 0.717) is 6.54 Å². The number of nitriles is 1. The second-order valence-electron chi connectivity index (χ2n) is 5.52. The molecule has 0 saturated heterocycles. The Morgan fingerprint density at radius 2 is 1.95 bits per heavy atom. The first-order valence-electron chi connectivity index (χ1n) is 6.38. The van der Waals surface area contributed by atoms with Crippen LogP contribution in [0.4, 0.5) is 0 Å². The van der Waals surface area contributed by atoms with Crippen molar-refractivity contribution in [3.05, 3.63) is 35.9 Å². The second-order valence-corrected chi connectivity index (χ2v) is 5.52. The molecular formula is C15H21N3O. The Bertz CT molecular complexity index is 443. The molecule has 0 aromatic heterocycles. The van der Waals surface area contributed by atoms with Gasteiger partial charge < -0.3 is 10.6 Å². The van der Waals surface area contributed by atoms with E-state index < -0.39 is 0 Å². The summed E-state index contributed by atoms with van der Waals surface area (Å²) in [5.41, 5.74) is 0.737. The van der Waals surface area contributed by atoms with Gasteiger partial charge in [-0.2, -0.15) is 5.26 Å². The van der Waals surface area contributed by atoms with Crippen LogP contribution in [0.1, 0.15) is 32.3 Å². The number of nitrogens with zero attached hydrogens (tertiary/aromatic N) is 1. The monoisotopic (exact) mass is 259 g/mol. The van der Waals surface area contributed by atoms with Gasteiger partial charge in [-0.1, -0.05) is 30.3 Å². The molecule has 0 aliphatic rings. The fourth-order valence-electron chi connectivity index (χ4n) is 1.72. The van der Waals surface area contributed by atoms with Gasteiger partial charge in [0.25, 0.3) is 0 Å². The van der Waals surface area contributed by atoms with Gasteiger partial charge in [-0.25, -0.2) is 0 Å². The molecule has 102 valence electrons. The maximum atomic E-state index is 11.6. The topological polar surface area (TPSA) is 64.9 Å². The van der Waals surface area contributed by atoms with E-state index in [-0.39, 0.29) is 23.9 Å². The standard InChI is InChI=1S/C15H21N3O/c1-15(2,3)18-14(19)11-17-10-13(9-16)12-7-5-4-6-8-12/h4-8,13,17H,10-11H2,1-3H3,(H,18,19). The highest BCUT2D eigenvalue weighted by Crippen LogP contribution is 2.12. The summed E-state index contributed by atoms with van der Waals surface area (Å²) in [6.45, 7) is 6.51. The smallest absolute Gasteiger partial charge is 0.234 e. The Labute approximate surface area is 114 Å². The van der Waals surface area contributed by atoms with Gasteiger partial charge >= 0.3 is 0 Å². The van der Waals surface area contributed by atoms with Crippen molar-refractivity contribution in [2.45, 2.75) is 32.2 Å². The van der Waals surface area contributed by atoms with Crippen molar-refractivity contribution in [3.63, 3.8) is 0 Å². The fraction of sp³-hybridized carbons (Fsp3) is 0.467. The van der Waals surface area contributed by atoms with Crippen LogP contribution in [-0.2, 0) is 4.79 Å². The first kappa shape index (κ1) is 15.2. The normalized spacial score (nSPS) is 12.5. The van der Waals surface area contributed by atoms with Gasteiger partial charge in [0, 0.05) is 12.1 Å². The third-order valence-corrected chi connectivity index (χ3v) is 2.51. The first-order valence-corrected chi connectivity index (χ1v) is 6.38. The van der Waals surface area contributed by atoms with Gasteiger partial charge in [-0.15, -0.1) is 0 Å². The van der Waals surface area contributed by atoms with Crippen molar-refractivity contribution in [2.24, 2.45) is 0 Å². The van der Waals surface area contributed by atoms with Gasteiger partial charge in [0.15, 0.2) is 0 Å². The lowest BCUT2D eigenvalue weighted by atomic mass is 10.0. The molecule has 1 rings (SSSR count). The molecule has 19 heavy (non-hydrogen) atoms. The number of rotatable bonds is 5. The minimum Gasteiger partial charge on any atom is -0.350 e. The summed E-state index contributed by atoms with van der Waals surface area (Å²) in [6.07, 6.45) is 0. The average molecular weight is 259 g/mol. The highest BCUT2D eigenvalue weighted by Gasteiger charge is 2.14. The van der Waals surface area contributed by atoms with E-state index in [4.69, 9.17) is 5.26 Å². The Kier molecular flexibility index (Phi) is 5.53. The number of amides is 1. The molecule has 1 unspecified atom stereocenters. The maximum Gasteiger partial charge on any atom is 0.234 e. The molecule has 0 radical (unpaired) electrons. The molecule has 0 aliphatic carbocycles. The minimum atomic E-state index is -0.233. The molecule has 0 fully saturated rings. The van der Waals surface area contributed by atoms with Crippen LogP contribution >= 0.6 is 0 Å². The van der Waals surface area contributed by atoms with Gasteiger partial charge in [0.05, 0.1) is 18.5 Å². The predicted molar refractivity (Wildman–Crippen MR) is 75.6 cm³/mol. The predicted octanol–water partition coefficient (Wildman–Crippen LogP) is 1.80. The second kappa shape index (κ2) is 6.91. The third kappa shape index (κ3) is 6.03. The first-order chi connectivity index (χ1) is 8.92. The average Bonchev–Trinajstić information content (AvgIpc) is 2.33. The Morgan fingerprint density at radius 3 is 2.47 bits per heavy atom. The zero-order valence-corrected chi connectivity index (χ0v) is 11.7. The molecule has 1 atom stereocenters. The summed E-state index contributed by atoms with van der Waals surface area (Å²) in [6, 6.07) is 11.8. The van der Waals surface area contributed by atoms with Crippen LogP contribution in [0, 0.1) is 11.3 Å². The minimum absolute atomic E-state index is 0.0581. The van der Waals surface area contributed by atoms with Crippen LogP contribution < -0.4 is 10.6 Å². The third-order valence-electron chi connectivity index (χ3n) is 2.51. The highest BCUT2D eigenvalue weighted by molar-refractivity contribution is 5.78. The quantitative estimate of drug-likeness (QED) is 0.847. The molecule has 0 bridgehead atoms. The molecule has 4 nitrogen and oxygen atoms in total. The summed E-state index contributed by atoms with van der Waals surface area (Å²) in [5.74, 6) is -0.291. The summed E-state index contributed by atoms with van der Waals surface area (Å²) >= 11 is 0. The number of carbonyl (C=O) groups excluding carboxylic acids is 1. The zero-order valence-electron chi connectivity index (χ0n) is 11.7. The maximum absolute atomic E-state index is 11.6. The number of hydrogen-bond donors (Lipinski definition) is 2. The van der Waals surface area contributed by atoms with Crippen molar-refractivity contribution < 1.29 is 4.79 Å². The van der Waals surface area contributed by atoms with Crippen molar-refractivity contribution >= 4 is 5.91 Å². The van der Waals surface area contributed by atoms with E-state index in [1.165, 1.54) is 0 Å². The van der Waals surface area contributed by atoms with Crippen LogP contribution in [0.3, 0.4) is 0 Å². The van der Waals surface area contributed by atoms with E-state index in [9.17, 15) is 4.79 Å². The van der Waals surface area contributed by atoms with Crippen molar-refractivity contribution in [2.75, 3.05) is 13.1 Å². The van der Waals surface area contributed by atoms with Crippen LogP contribution in [0.25, 0.3) is 0 Å². The van der Waals surface area contributed by atoms with E-state index in [1.807, 2.05) is 51.1 Å². The lowest BCUT2D eigenvalue weighted by molar-refractivity contribution is -0.121. The number of hydrogen-bond acceptors (Lipinski definition) is 3. The molecule has 0 spiro atoms. The number of carbonyl (C=O) groups is 1. The molecule has 4 heteroatoms. The summed E-state index contributed by atoms with van der Waals surface area (Å²) in [7, 11) is 0. The van der Waals surface area contributed by atoms with Gasteiger partial charge in [0.1, 0.15) is 0 Å². The lowest BCUT2D eigenvalue weighted by Crippen LogP contribution is -2.45. The molecule has 1 aromatic carbocycles. The zero-order chi connectivity index (χ0) is 14.3. The number of benzene rings is 1. The summed E-state index contributed by atoms with van der Waals surface area (Å²) < 4.78 is 0. The number of nitrogens with one attached hydrogen (secondary N) is 2. The Morgan fingerprint density at radius 1 is 1.32 bits per heavy atom. The summed E-state index contributed by atoms with van der Waals surface area (Å²) in [5, 5.41) is 15.0. The van der Waals surface area contributed by atoms with E-state index in [0.717, 1.165) is 5.56 Å². The molecule has 0 saturated carbocycles. The van der Waals surface area contributed by atoms with Crippen LogP contribution in [-0.4, -0.2) is 24.5 Å². The van der Waals surface area contributed by atoms with Crippen LogP contribution in [0.5, 0.6) is 0 Å². The van der Waals surface area contributed by atoms with E-state index >= 15 is 0 Å². The summed E-state index contributed by atoms with van der Waals surface area (Å²) in [4.78, 5) is 11.6. The molecule has 0 heterocycles. The molecule has 0 aliphatic heterocycles. The van der Waals surface area contributed by atoms with Crippen molar-refractivity contribution in [3.8, 4) is 6.07 Å². The largest absolute Gasteiger partial charge is 0.350 e. The van der Waals surface area contributed by atoms with Crippen LogP contribution in [0.2, 0.25) is 0 Å². The Balaban J connectivity index is 2.40. The van der Waals surface area contributed by atoms with E-state index in [2.05, 4.69) is 16.7 Å². The Hall–Kier alpha value is -1.86. The molecular weight excluding hydrogens is 238 g/mol. The SMILES string of the molecule is CC(C)(C)NC(=O)CNCC(C#N)c1ccccc1. The van der Waals surface area contributed by atoms with Crippen molar-refractivity contribution in [1.82, 2.24) is 10.6 Å². The highest BCUT2D eigenvalue weighted by atomic mass is 16.2. The molecule has 1 amide bonds. The van der Waals surface area contributed by atoms with Gasteiger partial charge in [0.2, 0.25) is 5.91 Å². The lowest BCUT2D eigenvalue weighted by Gasteiger charge is -2.20. The van der Waals surface area contributed by atoms with Crippen LogP contribution in [0.15, 0.2) is 30.3 Å². The van der Waals surface area contributed by atoms with Gasteiger partial charge in [-0.3, -0.25) is 4.79 Å². The van der Waals surface area contributed by atoms with Gasteiger partial charge in [-0.05, 0) is 26.3 Å². The molecule has 2 N–H and O–H groups in total. The fourth-order valence-corrected chi connectivity index (χ4v) is 1.72. The molecule has 1 aromatic rings. The van der Waals surface area contributed by atoms with E-state index in [1.54, 1.807) is 0 Å². The van der Waals surface area contributed by atoms with Crippen molar-refractivity contribution in [1.29, 1.82) is 5.26 Å².